The largest absolute Gasteiger partial charge is 0.212 e. The van der Waals surface area contributed by atoms with Gasteiger partial charge < -0.3 is 0 Å². The Morgan fingerprint density at radius 3 is 1.43 bits per heavy atom. The van der Waals surface area contributed by atoms with E-state index in [0.29, 0.717) is 0 Å². The van der Waals surface area contributed by atoms with Gasteiger partial charge in [0.1, 0.15) is 0 Å². The topological polar surface area (TPSA) is 92.3 Å². The van der Waals surface area contributed by atoms with E-state index in [2.05, 4.69) is 9.44 Å². The second kappa shape index (κ2) is 5.06. The Kier molecular flexibility index (Phi) is 4.99. The quantitative estimate of drug-likeness (QED) is 0.599. The van der Waals surface area contributed by atoms with Gasteiger partial charge in [0.2, 0.25) is 20.0 Å². The van der Waals surface area contributed by atoms with Crippen molar-refractivity contribution < 1.29 is 16.8 Å². The summed E-state index contributed by atoms with van der Waals surface area (Å²) in [6.45, 7) is 4.38. The van der Waals surface area contributed by atoms with E-state index in [1.54, 1.807) is 0 Å². The van der Waals surface area contributed by atoms with Crippen molar-refractivity contribution >= 4 is 20.0 Å². The van der Waals surface area contributed by atoms with Gasteiger partial charge in [-0.1, -0.05) is 0 Å². The van der Waals surface area contributed by atoms with Crippen LogP contribution in [0.25, 0.3) is 0 Å². The molecular formula is C6H16N2O4S2. The molecule has 0 atom stereocenters. The molecule has 0 saturated carbocycles. The third kappa shape index (κ3) is 5.53. The van der Waals surface area contributed by atoms with Crippen LogP contribution in [0.15, 0.2) is 0 Å². The summed E-state index contributed by atoms with van der Waals surface area (Å²) in [7, 11) is -6.75. The van der Waals surface area contributed by atoms with Crippen molar-refractivity contribution in [2.24, 2.45) is 0 Å². The summed E-state index contributed by atoms with van der Waals surface area (Å²) in [5, 5.41) is 0. The lowest BCUT2D eigenvalue weighted by Crippen LogP contribution is -2.46. The van der Waals surface area contributed by atoms with E-state index >= 15 is 0 Å². The summed E-state index contributed by atoms with van der Waals surface area (Å²) in [6.07, 6.45) is -0.815. The molecule has 8 heteroatoms. The maximum Gasteiger partial charge on any atom is 0.212 e. The van der Waals surface area contributed by atoms with Crippen molar-refractivity contribution in [2.45, 2.75) is 26.9 Å². The average molecular weight is 244 g/mol. The van der Waals surface area contributed by atoms with Gasteiger partial charge in [-0.25, -0.2) is 16.8 Å². The van der Waals surface area contributed by atoms with Crippen molar-refractivity contribution in [3.05, 3.63) is 0 Å². The Hall–Kier alpha value is -0.180. The summed E-state index contributed by atoms with van der Waals surface area (Å²) >= 11 is 0. The zero-order chi connectivity index (χ0) is 11.4. The zero-order valence-corrected chi connectivity index (χ0v) is 10.1. The molecule has 0 saturated heterocycles. The van der Waals surface area contributed by atoms with Crippen molar-refractivity contribution in [3.63, 3.8) is 0 Å². The van der Waals surface area contributed by atoms with Gasteiger partial charge in [-0.15, -0.1) is 0 Å². The smallest absolute Gasteiger partial charge is 0.212 e. The standard InChI is InChI=1S/C6H16N2O4S2/c1-4-13(9,10)7-6(3)8-14(11,12)5-2/h6-8H,4-5H2,1-3H3. The number of hydrogen-bond donors (Lipinski definition) is 2. The molecular weight excluding hydrogens is 228 g/mol. The Balaban J connectivity index is 4.33. The average Bonchev–Trinajstić information content (AvgIpc) is 2.02. The van der Waals surface area contributed by atoms with Crippen LogP contribution in [-0.2, 0) is 20.0 Å². The Morgan fingerprint density at radius 2 is 1.21 bits per heavy atom. The van der Waals surface area contributed by atoms with Gasteiger partial charge >= 0.3 is 0 Å². The van der Waals surface area contributed by atoms with Gasteiger partial charge in [0.05, 0.1) is 17.7 Å². The lowest BCUT2D eigenvalue weighted by Gasteiger charge is -2.14. The minimum Gasteiger partial charge on any atom is -0.212 e. The van der Waals surface area contributed by atoms with Gasteiger partial charge in [-0.2, -0.15) is 9.44 Å². The first-order valence-corrected chi connectivity index (χ1v) is 7.53. The second-order valence-corrected chi connectivity index (χ2v) is 6.85. The Bertz CT molecular complexity index is 323. The van der Waals surface area contributed by atoms with Crippen LogP contribution in [0.4, 0.5) is 0 Å². The van der Waals surface area contributed by atoms with Gasteiger partial charge in [-0.3, -0.25) is 0 Å². The van der Waals surface area contributed by atoms with Crippen LogP contribution in [-0.4, -0.2) is 34.5 Å². The van der Waals surface area contributed by atoms with E-state index in [9.17, 15) is 16.8 Å². The highest BCUT2D eigenvalue weighted by atomic mass is 32.2. The van der Waals surface area contributed by atoms with Crippen LogP contribution in [0.1, 0.15) is 20.8 Å². The molecule has 0 aromatic rings. The molecule has 0 radical (unpaired) electrons. The molecule has 2 N–H and O–H groups in total. The normalized spacial score (nSPS) is 13.4. The first kappa shape index (κ1) is 13.8. The molecule has 0 heterocycles. The number of hydrogen-bond acceptors (Lipinski definition) is 4. The molecule has 0 aliphatic carbocycles. The maximum atomic E-state index is 11.0. The highest BCUT2D eigenvalue weighted by Crippen LogP contribution is 1.90. The highest BCUT2D eigenvalue weighted by Gasteiger charge is 2.16. The molecule has 0 aromatic heterocycles. The fraction of sp³-hybridized carbons (Fsp3) is 1.00. The zero-order valence-electron chi connectivity index (χ0n) is 8.44. The molecule has 0 spiro atoms. The van der Waals surface area contributed by atoms with Crippen LogP contribution in [0.3, 0.4) is 0 Å². The van der Waals surface area contributed by atoms with E-state index in [1.165, 1.54) is 20.8 Å². The van der Waals surface area contributed by atoms with E-state index in [0.717, 1.165) is 0 Å². The summed E-state index contributed by atoms with van der Waals surface area (Å²) in [5.74, 6) is -0.156. The number of rotatable bonds is 6. The second-order valence-electron chi connectivity index (χ2n) is 2.76. The van der Waals surface area contributed by atoms with Crippen LogP contribution in [0, 0.1) is 0 Å². The van der Waals surface area contributed by atoms with Crippen molar-refractivity contribution in [2.75, 3.05) is 11.5 Å². The minimum atomic E-state index is -3.38. The molecule has 14 heavy (non-hydrogen) atoms. The monoisotopic (exact) mass is 244 g/mol. The van der Waals surface area contributed by atoms with Crippen LogP contribution >= 0.6 is 0 Å². The van der Waals surface area contributed by atoms with E-state index in [1.807, 2.05) is 0 Å². The molecule has 0 aliphatic heterocycles. The highest BCUT2D eigenvalue weighted by molar-refractivity contribution is 7.90. The van der Waals surface area contributed by atoms with Gasteiger partial charge in [0.25, 0.3) is 0 Å². The summed E-state index contributed by atoms with van der Waals surface area (Å²) < 4.78 is 48.5. The van der Waals surface area contributed by atoms with Crippen LogP contribution in [0.2, 0.25) is 0 Å². The molecule has 0 unspecified atom stereocenters. The fourth-order valence-electron chi connectivity index (χ4n) is 0.729. The van der Waals surface area contributed by atoms with E-state index in [4.69, 9.17) is 0 Å². The van der Waals surface area contributed by atoms with Gasteiger partial charge in [0, 0.05) is 0 Å². The third-order valence-electron chi connectivity index (χ3n) is 1.47. The van der Waals surface area contributed by atoms with Crippen molar-refractivity contribution in [3.8, 4) is 0 Å². The Morgan fingerprint density at radius 1 is 0.929 bits per heavy atom. The molecule has 0 amide bonds. The first-order valence-electron chi connectivity index (χ1n) is 4.22. The summed E-state index contributed by atoms with van der Waals surface area (Å²) in [6, 6.07) is 0. The van der Waals surface area contributed by atoms with Crippen molar-refractivity contribution in [1.82, 2.24) is 9.44 Å². The SMILES string of the molecule is CCS(=O)(=O)NC(C)NS(=O)(=O)CC. The minimum absolute atomic E-state index is 0.0782. The molecule has 0 aromatic carbocycles. The van der Waals surface area contributed by atoms with Gasteiger partial charge in [0.15, 0.2) is 0 Å². The predicted octanol–water partition coefficient (Wildman–Crippen LogP) is -0.789. The maximum absolute atomic E-state index is 11.0. The molecule has 0 fully saturated rings. The van der Waals surface area contributed by atoms with Crippen molar-refractivity contribution in [1.29, 1.82) is 0 Å². The molecule has 86 valence electrons. The lowest BCUT2D eigenvalue weighted by atomic mass is 10.7. The molecule has 0 bridgehead atoms. The number of nitrogens with one attached hydrogen (secondary N) is 2. The predicted molar refractivity (Wildman–Crippen MR) is 54.7 cm³/mol. The van der Waals surface area contributed by atoms with Crippen LogP contribution in [0.5, 0.6) is 0 Å². The number of sulfonamides is 2. The fourth-order valence-corrected chi connectivity index (χ4v) is 2.33. The first-order chi connectivity index (χ1) is 6.22. The molecule has 0 rings (SSSR count). The van der Waals surface area contributed by atoms with E-state index in [-0.39, 0.29) is 11.5 Å². The molecule has 0 aliphatic rings. The van der Waals surface area contributed by atoms with Gasteiger partial charge in [-0.05, 0) is 20.8 Å². The summed E-state index contributed by atoms with van der Waals surface area (Å²) in [5.41, 5.74) is 0. The Labute approximate surface area is 85.2 Å². The lowest BCUT2D eigenvalue weighted by molar-refractivity contribution is 0.535. The molecule has 6 nitrogen and oxygen atoms in total. The summed E-state index contributed by atoms with van der Waals surface area (Å²) in [4.78, 5) is 0. The van der Waals surface area contributed by atoms with Crippen LogP contribution < -0.4 is 9.44 Å². The van der Waals surface area contributed by atoms with E-state index < -0.39 is 26.2 Å². The third-order valence-corrected chi connectivity index (χ3v) is 4.42.